The molecule has 0 radical (unpaired) electrons. The number of rotatable bonds is 4. The van der Waals surface area contributed by atoms with Gasteiger partial charge in [-0.1, -0.05) is 41.5 Å². The summed E-state index contributed by atoms with van der Waals surface area (Å²) in [7, 11) is 0. The van der Waals surface area contributed by atoms with Crippen LogP contribution in [-0.2, 0) is 26.2 Å². The van der Waals surface area contributed by atoms with E-state index in [0.29, 0.717) is 37.6 Å². The Labute approximate surface area is 199 Å². The molecule has 0 atom stereocenters. The number of aliphatic hydroxyl groups excluding tert-OH is 3. The van der Waals surface area contributed by atoms with Gasteiger partial charge in [0.05, 0.1) is 0 Å². The Hall–Kier alpha value is 0.236. The molecule has 30 heavy (non-hydrogen) atoms. The average molecular weight is 589 g/mol. The van der Waals surface area contributed by atoms with Crippen LogP contribution in [-0.4, -0.2) is 59.5 Å². The van der Waals surface area contributed by atoms with E-state index in [9.17, 15) is 26.3 Å². The molecular weight excluding hydrogens is 554 g/mol. The molecule has 0 saturated carbocycles. The van der Waals surface area contributed by atoms with Crippen molar-refractivity contribution in [3.63, 3.8) is 0 Å². The van der Waals surface area contributed by atoms with E-state index in [2.05, 4.69) is 0 Å². The molecule has 1 aromatic carbocycles. The fourth-order valence-electron chi connectivity index (χ4n) is 1.14. The van der Waals surface area contributed by atoms with Gasteiger partial charge >= 0.3 is 79.4 Å². The predicted octanol–water partition coefficient (Wildman–Crippen LogP) is 3.94. The van der Waals surface area contributed by atoms with E-state index in [1.165, 1.54) is 12.1 Å². The standard InChI is InChI=1S/C7H5F6Ge.3C4H10O.Zr/c8-6(9,10)14(7(11,12)13)5-3-1-2-4-5;3*1-4(2)3-5;/h1-4,14H;3*4-5H,3H2,1-2H3;/q-1;;;;. The maximum atomic E-state index is 12.1. The van der Waals surface area contributed by atoms with E-state index in [0.717, 1.165) is 12.1 Å². The average Bonchev–Trinajstić information content (AvgIpc) is 3.07. The minimum atomic E-state index is -5.46. The van der Waals surface area contributed by atoms with Crippen molar-refractivity contribution < 1.29 is 67.9 Å². The Kier molecular flexibility index (Phi) is 24.9. The van der Waals surface area contributed by atoms with Gasteiger partial charge in [0.25, 0.3) is 0 Å². The summed E-state index contributed by atoms with van der Waals surface area (Å²) in [5.41, 5.74) is 0. The van der Waals surface area contributed by atoms with Gasteiger partial charge in [0.1, 0.15) is 0 Å². The van der Waals surface area contributed by atoms with Crippen LogP contribution >= 0.6 is 0 Å². The maximum absolute atomic E-state index is 12.1. The largest absolute Gasteiger partial charge is 0 e. The van der Waals surface area contributed by atoms with Crippen molar-refractivity contribution >= 4 is 18.7 Å². The summed E-state index contributed by atoms with van der Waals surface area (Å²) in [6.07, 6.45) is 0. The molecule has 0 aromatic heterocycles. The van der Waals surface area contributed by atoms with Crippen molar-refractivity contribution in [3.05, 3.63) is 24.3 Å². The molecule has 3 N–H and O–H groups in total. The van der Waals surface area contributed by atoms with Gasteiger partial charge in [0.2, 0.25) is 0 Å². The summed E-state index contributed by atoms with van der Waals surface area (Å²) in [5.74, 6) is 1.32. The van der Waals surface area contributed by atoms with Gasteiger partial charge in [0.15, 0.2) is 0 Å². The van der Waals surface area contributed by atoms with Crippen LogP contribution in [0.3, 0.4) is 0 Å². The van der Waals surface area contributed by atoms with Gasteiger partial charge in [0, 0.05) is 46.0 Å². The molecule has 0 heterocycles. The van der Waals surface area contributed by atoms with E-state index in [4.69, 9.17) is 15.3 Å². The van der Waals surface area contributed by atoms with Crippen LogP contribution in [0.4, 0.5) is 26.3 Å². The van der Waals surface area contributed by atoms with Crippen molar-refractivity contribution in [1.29, 1.82) is 0 Å². The topological polar surface area (TPSA) is 60.7 Å². The first-order valence-corrected chi connectivity index (χ1v) is 12.8. The van der Waals surface area contributed by atoms with Crippen molar-refractivity contribution in [2.45, 2.75) is 51.6 Å². The van der Waals surface area contributed by atoms with Crippen LogP contribution < -0.4 is 4.40 Å². The number of hydrogen-bond acceptors (Lipinski definition) is 3. The van der Waals surface area contributed by atoms with Gasteiger partial charge in [-0.25, -0.2) is 0 Å². The predicted molar refractivity (Wildman–Crippen MR) is 107 cm³/mol. The molecule has 180 valence electrons. The van der Waals surface area contributed by atoms with Crippen molar-refractivity contribution in [1.82, 2.24) is 0 Å². The van der Waals surface area contributed by atoms with Crippen molar-refractivity contribution in [3.8, 4) is 0 Å². The van der Waals surface area contributed by atoms with Crippen LogP contribution in [0.2, 0.25) is 0 Å². The molecule has 0 amide bonds. The Balaban J connectivity index is -0.000000176. The van der Waals surface area contributed by atoms with Gasteiger partial charge in [-0.2, -0.15) is 0 Å². The summed E-state index contributed by atoms with van der Waals surface area (Å²) >= 11 is -5.46. The number of aliphatic hydroxyl groups is 3. The van der Waals surface area contributed by atoms with Gasteiger partial charge < -0.3 is 15.3 Å². The van der Waals surface area contributed by atoms with Gasteiger partial charge in [-0.3, -0.25) is 0 Å². The summed E-state index contributed by atoms with van der Waals surface area (Å²) in [5, 5.41) is 14.2. The Bertz CT molecular complexity index is 431. The Morgan fingerprint density at radius 3 is 1.00 bits per heavy atom. The van der Waals surface area contributed by atoms with Crippen molar-refractivity contribution in [2.75, 3.05) is 19.8 Å². The van der Waals surface area contributed by atoms with E-state index in [-0.39, 0.29) is 26.2 Å². The number of hydrogen-bond donors (Lipinski definition) is 3. The Morgan fingerprint density at radius 1 is 0.667 bits per heavy atom. The normalized spacial score (nSPS) is 11.2. The third-order valence-corrected chi connectivity index (χ3v) is 7.73. The molecule has 1 rings (SSSR count). The van der Waals surface area contributed by atoms with Gasteiger partial charge in [-0.15, -0.1) is 0 Å². The quantitative estimate of drug-likeness (QED) is 0.284. The summed E-state index contributed by atoms with van der Waals surface area (Å²) in [6.45, 7) is 12.7. The van der Waals surface area contributed by atoms with E-state index in [1.54, 1.807) is 0 Å². The summed E-state index contributed by atoms with van der Waals surface area (Å²) in [6, 6.07) is 4.16. The van der Waals surface area contributed by atoms with Crippen LogP contribution in [0.1, 0.15) is 41.5 Å². The van der Waals surface area contributed by atoms with Crippen LogP contribution in [0.25, 0.3) is 0 Å². The number of halogens is 6. The molecule has 11 heteroatoms. The van der Waals surface area contributed by atoms with Crippen molar-refractivity contribution in [2.24, 2.45) is 17.8 Å². The second-order valence-corrected chi connectivity index (χ2v) is 13.4. The molecule has 1 aromatic rings. The van der Waals surface area contributed by atoms with Crippen LogP contribution in [0.15, 0.2) is 24.3 Å². The Morgan fingerprint density at radius 2 is 0.867 bits per heavy atom. The molecular formula is C19H35F6GeO3Zr-. The zero-order chi connectivity index (χ0) is 23.8. The monoisotopic (exact) mass is 589 g/mol. The first-order valence-electron chi connectivity index (χ1n) is 9.21. The second kappa shape index (κ2) is 19.9. The molecule has 0 aliphatic rings. The molecule has 0 unspecified atom stereocenters. The molecule has 3 nitrogen and oxygen atoms in total. The smallest absolute Gasteiger partial charge is 0 e. The van der Waals surface area contributed by atoms with E-state index >= 15 is 0 Å². The summed E-state index contributed by atoms with van der Waals surface area (Å²) in [4.78, 5) is 0. The van der Waals surface area contributed by atoms with Crippen LogP contribution in [0.5, 0.6) is 0 Å². The third kappa shape index (κ3) is 24.5. The molecule has 0 saturated heterocycles. The zero-order valence-corrected chi connectivity index (χ0v) is 23.2. The molecule has 0 aliphatic heterocycles. The fourth-order valence-corrected chi connectivity index (χ4v) is 4.78. The SMILES string of the molecule is CC(C)CO.CC(C)CO.CC(C)CO.F[C](F)(F)[GeH]([c-]1cccc1)[C](F)(F)F.[Zr]. The minimum absolute atomic E-state index is 0. The molecule has 0 aliphatic carbocycles. The second-order valence-electron chi connectivity index (χ2n) is 7.46. The minimum Gasteiger partial charge on any atom is 0 e. The molecule has 0 fully saturated rings. The number of alkyl halides is 6. The fraction of sp³-hybridized carbons (Fsp3) is 0.737. The molecule has 0 bridgehead atoms. The van der Waals surface area contributed by atoms with E-state index in [1.807, 2.05) is 41.5 Å². The van der Waals surface area contributed by atoms with E-state index < -0.39 is 28.8 Å². The van der Waals surface area contributed by atoms with Crippen LogP contribution in [0, 0.1) is 17.8 Å². The third-order valence-electron chi connectivity index (χ3n) is 2.77. The van der Waals surface area contributed by atoms with Gasteiger partial charge in [-0.05, 0) is 17.8 Å². The maximum Gasteiger partial charge on any atom is 0 e. The zero-order valence-electron chi connectivity index (χ0n) is 18.3. The first kappa shape index (κ1) is 37.5. The molecule has 0 spiro atoms. The summed E-state index contributed by atoms with van der Waals surface area (Å²) < 4.78 is 72.3. The first-order chi connectivity index (χ1) is 13.0.